The summed E-state index contributed by atoms with van der Waals surface area (Å²) >= 11 is 0. The van der Waals surface area contributed by atoms with Crippen LogP contribution in [0.15, 0.2) is 146 Å². The summed E-state index contributed by atoms with van der Waals surface area (Å²) in [5.74, 6) is -0.0860. The third kappa shape index (κ3) is 23.9. The van der Waals surface area contributed by atoms with Crippen LogP contribution in [0.25, 0.3) is 0 Å². The first kappa shape index (κ1) is 62.5. The molecule has 1 fully saturated rings. The van der Waals surface area contributed by atoms with E-state index in [1.165, 1.54) is 108 Å². The number of rotatable bonds is 42. The van der Waals surface area contributed by atoms with Crippen LogP contribution in [0.3, 0.4) is 0 Å². The lowest BCUT2D eigenvalue weighted by molar-refractivity contribution is -0.331. The predicted octanol–water partition coefficient (Wildman–Crippen LogP) is 15.6. The maximum Gasteiger partial charge on any atom is 0.220 e. The third-order valence-electron chi connectivity index (χ3n) is 15.3. The van der Waals surface area contributed by atoms with Gasteiger partial charge in [-0.1, -0.05) is 269 Å². The highest BCUT2D eigenvalue weighted by Crippen LogP contribution is 2.33. The molecule has 0 saturated carbocycles. The van der Waals surface area contributed by atoms with Gasteiger partial charge in [-0.05, 0) is 65.5 Å². The number of aryl methyl sites for hydroxylation is 2. The van der Waals surface area contributed by atoms with Gasteiger partial charge >= 0.3 is 0 Å². The minimum Gasteiger partial charge on any atom is -0.394 e. The van der Waals surface area contributed by atoms with Gasteiger partial charge < -0.3 is 38.8 Å². The highest BCUT2D eigenvalue weighted by molar-refractivity contribution is 5.76. The van der Waals surface area contributed by atoms with Crippen LogP contribution in [0.2, 0.25) is 0 Å². The molecule has 5 aromatic carbocycles. The van der Waals surface area contributed by atoms with E-state index in [4.69, 9.17) is 28.4 Å². The van der Waals surface area contributed by atoms with Crippen LogP contribution in [0, 0.1) is 0 Å². The van der Waals surface area contributed by atoms with E-state index in [1.807, 2.05) is 121 Å². The molecule has 6 atom stereocenters. The molecule has 0 aliphatic carbocycles. The fourth-order valence-corrected chi connectivity index (χ4v) is 10.5. The molecule has 0 radical (unpaired) electrons. The van der Waals surface area contributed by atoms with E-state index in [9.17, 15) is 9.90 Å². The Kier molecular flexibility index (Phi) is 30.5. The van der Waals surface area contributed by atoms with Gasteiger partial charge in [0.15, 0.2) is 6.29 Å². The maximum atomic E-state index is 14.1. The standard InChI is InChI=1S/C69H97NO8/c1-3-5-7-9-11-12-13-14-15-16-17-19-33-43-64(72)70-69(55-71,49-48-58-46-44-57(45-47-58)34-24-18-10-8-6-4-2)56-77-68-67(76-53-62-41-31-23-32-42-62)66(75-52-61-39-29-22-30-40-61)65(74-51-60-37-27-21-28-38-60)63(78-68)54-73-50-59-35-25-20-26-36-59/h20-23,25-32,35-42,44-47,63,65-68,71H,3-19,24,33-34,43,48-56H2,1-2H3,(H,70,72)/t63-,65-,66+,67+,68+,69?/m1/s1. The minimum absolute atomic E-state index is 0.0294. The monoisotopic (exact) mass is 1070 g/mol. The Balaban J connectivity index is 1.21. The number of carbonyl (C=O) groups excluding carboxylic acids is 1. The molecule has 78 heavy (non-hydrogen) atoms. The fourth-order valence-electron chi connectivity index (χ4n) is 10.5. The third-order valence-corrected chi connectivity index (χ3v) is 15.3. The van der Waals surface area contributed by atoms with Gasteiger partial charge in [0.2, 0.25) is 5.91 Å². The zero-order valence-corrected chi connectivity index (χ0v) is 47.8. The molecule has 0 bridgehead atoms. The first-order valence-electron chi connectivity index (χ1n) is 30.3. The van der Waals surface area contributed by atoms with Crippen LogP contribution in [0.1, 0.15) is 182 Å². The number of amides is 1. The molecule has 5 aromatic rings. The number of hydrogen-bond acceptors (Lipinski definition) is 8. The van der Waals surface area contributed by atoms with Crippen molar-refractivity contribution >= 4 is 5.91 Å². The van der Waals surface area contributed by atoms with Crippen molar-refractivity contribution in [2.75, 3.05) is 19.8 Å². The summed E-state index contributed by atoms with van der Waals surface area (Å²) in [6.07, 6.45) is 22.4. The molecule has 1 unspecified atom stereocenters. The normalized spacial score (nSPS) is 18.2. The van der Waals surface area contributed by atoms with Crippen molar-refractivity contribution in [2.45, 2.75) is 224 Å². The molecule has 9 nitrogen and oxygen atoms in total. The number of carbonyl (C=O) groups is 1. The second-order valence-electron chi connectivity index (χ2n) is 22.0. The number of benzene rings is 5. The zero-order valence-electron chi connectivity index (χ0n) is 47.8. The molecule has 1 saturated heterocycles. The van der Waals surface area contributed by atoms with Gasteiger partial charge in [-0.3, -0.25) is 4.79 Å². The van der Waals surface area contributed by atoms with Crippen molar-refractivity contribution in [2.24, 2.45) is 0 Å². The Labute approximate surface area is 470 Å². The van der Waals surface area contributed by atoms with Crippen LogP contribution in [-0.2, 0) is 72.5 Å². The number of unbranched alkanes of at least 4 members (excludes halogenated alkanes) is 17. The molecule has 0 spiro atoms. The van der Waals surface area contributed by atoms with Crippen LogP contribution >= 0.6 is 0 Å². The SMILES string of the molecule is CCCCCCCCCCCCCCCC(=O)NC(CO)(CCc1ccc(CCCCCCCC)cc1)CO[C@H]1O[C@H](COCc2ccccc2)[C@@H](OCc2ccccc2)[C@H](OCc2ccccc2)[C@@H]1OCc1ccccc1. The van der Waals surface area contributed by atoms with Crippen LogP contribution < -0.4 is 5.32 Å². The Bertz CT molecular complexity index is 2250. The maximum absolute atomic E-state index is 14.1. The largest absolute Gasteiger partial charge is 0.394 e. The van der Waals surface area contributed by atoms with Crippen LogP contribution in [0.5, 0.6) is 0 Å². The van der Waals surface area contributed by atoms with E-state index in [1.54, 1.807) is 0 Å². The van der Waals surface area contributed by atoms with Gasteiger partial charge in [0.05, 0.1) is 51.8 Å². The molecule has 426 valence electrons. The molecule has 6 rings (SSSR count). The predicted molar refractivity (Wildman–Crippen MR) is 316 cm³/mol. The van der Waals surface area contributed by atoms with Crippen molar-refractivity contribution < 1.29 is 38.3 Å². The molecule has 2 N–H and O–H groups in total. The van der Waals surface area contributed by atoms with Crippen LogP contribution in [-0.4, -0.2) is 67.1 Å². The Morgan fingerprint density at radius 1 is 0.462 bits per heavy atom. The Morgan fingerprint density at radius 2 is 0.872 bits per heavy atom. The smallest absolute Gasteiger partial charge is 0.220 e. The van der Waals surface area contributed by atoms with E-state index in [2.05, 4.69) is 43.4 Å². The van der Waals surface area contributed by atoms with E-state index < -0.39 is 36.2 Å². The second-order valence-corrected chi connectivity index (χ2v) is 22.0. The van der Waals surface area contributed by atoms with Gasteiger partial charge in [-0.25, -0.2) is 0 Å². The first-order valence-corrected chi connectivity index (χ1v) is 30.3. The lowest BCUT2D eigenvalue weighted by Gasteiger charge is -2.46. The van der Waals surface area contributed by atoms with Crippen molar-refractivity contribution in [3.8, 4) is 0 Å². The number of nitrogens with one attached hydrogen (secondary N) is 1. The molecule has 0 aromatic heterocycles. The number of ether oxygens (including phenoxy) is 6. The fraction of sp³-hybridized carbons (Fsp3) is 0.551. The molecule has 1 aliphatic heterocycles. The summed E-state index contributed by atoms with van der Waals surface area (Å²) in [7, 11) is 0. The summed E-state index contributed by atoms with van der Waals surface area (Å²) < 4.78 is 41.4. The number of aliphatic hydroxyl groups is 1. The van der Waals surface area contributed by atoms with E-state index in [0.29, 0.717) is 39.1 Å². The number of hydrogen-bond donors (Lipinski definition) is 2. The average Bonchev–Trinajstić information content (AvgIpc) is 3.49. The summed E-state index contributed by atoms with van der Waals surface area (Å²) in [5, 5.41) is 14.9. The first-order chi connectivity index (χ1) is 38.5. The lowest BCUT2D eigenvalue weighted by atomic mass is 9.91. The highest BCUT2D eigenvalue weighted by Gasteiger charge is 2.50. The van der Waals surface area contributed by atoms with E-state index in [0.717, 1.165) is 53.5 Å². The van der Waals surface area contributed by atoms with E-state index in [-0.39, 0.29) is 32.3 Å². The van der Waals surface area contributed by atoms with Crippen molar-refractivity contribution in [1.29, 1.82) is 0 Å². The quantitative estimate of drug-likeness (QED) is 0.0373. The van der Waals surface area contributed by atoms with Crippen LogP contribution in [0.4, 0.5) is 0 Å². The summed E-state index contributed by atoms with van der Waals surface area (Å²) in [6.45, 7) is 5.60. The molecule has 9 heteroatoms. The molecule has 1 amide bonds. The van der Waals surface area contributed by atoms with E-state index >= 15 is 0 Å². The Hall–Kier alpha value is -4.71. The molecular weight excluding hydrogens is 971 g/mol. The zero-order chi connectivity index (χ0) is 54.6. The van der Waals surface area contributed by atoms with Gasteiger partial charge in [-0.15, -0.1) is 0 Å². The van der Waals surface area contributed by atoms with Gasteiger partial charge in [0.25, 0.3) is 0 Å². The Morgan fingerprint density at radius 3 is 1.35 bits per heavy atom. The summed E-state index contributed by atoms with van der Waals surface area (Å²) in [6, 6.07) is 49.3. The van der Waals surface area contributed by atoms with Crippen molar-refractivity contribution in [3.63, 3.8) is 0 Å². The summed E-state index contributed by atoms with van der Waals surface area (Å²) in [4.78, 5) is 14.1. The molecule has 1 aliphatic rings. The van der Waals surface area contributed by atoms with Gasteiger partial charge in [-0.2, -0.15) is 0 Å². The molecule has 1 heterocycles. The number of aliphatic hydroxyl groups excluding tert-OH is 1. The molecular formula is C69H97NO8. The lowest BCUT2D eigenvalue weighted by Crippen LogP contribution is -2.63. The highest BCUT2D eigenvalue weighted by atomic mass is 16.7. The van der Waals surface area contributed by atoms with Gasteiger partial charge in [0.1, 0.15) is 24.4 Å². The topological polar surface area (TPSA) is 105 Å². The van der Waals surface area contributed by atoms with Gasteiger partial charge in [0, 0.05) is 6.42 Å². The van der Waals surface area contributed by atoms with Crippen molar-refractivity contribution in [3.05, 3.63) is 179 Å². The second kappa shape index (κ2) is 38.0. The minimum atomic E-state index is -1.13. The summed E-state index contributed by atoms with van der Waals surface area (Å²) in [5.41, 5.74) is 5.39. The average molecular weight is 1070 g/mol. The van der Waals surface area contributed by atoms with Crippen molar-refractivity contribution in [1.82, 2.24) is 5.32 Å².